The van der Waals surface area contributed by atoms with Crippen LogP contribution in [-0.2, 0) is 9.53 Å². The molecule has 1 aliphatic carbocycles. The molecule has 0 N–H and O–H groups in total. The van der Waals surface area contributed by atoms with E-state index in [9.17, 15) is 22.4 Å². The van der Waals surface area contributed by atoms with E-state index in [2.05, 4.69) is 0 Å². The highest BCUT2D eigenvalue weighted by Crippen LogP contribution is 2.39. The molecule has 1 saturated carbocycles. The maximum absolute atomic E-state index is 13.9. The first-order valence-corrected chi connectivity index (χ1v) is 11.1. The molecule has 1 heterocycles. The topological polar surface area (TPSA) is 35.5 Å². The Morgan fingerprint density at radius 1 is 1.10 bits per heavy atom. The lowest BCUT2D eigenvalue weighted by Crippen LogP contribution is -2.38. The van der Waals surface area contributed by atoms with E-state index in [0.29, 0.717) is 24.9 Å². The minimum Gasteiger partial charge on any atom is -0.421 e. The molecule has 2 aliphatic rings. The molecule has 2 unspecified atom stereocenters. The van der Waals surface area contributed by atoms with E-state index in [1.165, 1.54) is 19.1 Å². The zero-order valence-electron chi connectivity index (χ0n) is 17.8. The first-order valence-electron chi connectivity index (χ1n) is 11.1. The summed E-state index contributed by atoms with van der Waals surface area (Å²) in [6, 6.07) is 2.60. The maximum Gasteiger partial charge on any atom is 0.340 e. The number of carbonyl (C=O) groups excluding carboxylic acids is 1. The number of hydrogen-bond donors (Lipinski definition) is 0. The Bertz CT molecular complexity index is 779. The molecule has 31 heavy (non-hydrogen) atoms. The second-order valence-corrected chi connectivity index (χ2v) is 8.67. The number of aryl methyl sites for hydroxylation is 1. The molecule has 7 heteroatoms. The molecule has 172 valence electrons. The average molecular weight is 442 g/mol. The van der Waals surface area contributed by atoms with Crippen LogP contribution in [0.25, 0.3) is 0 Å². The number of esters is 1. The molecule has 0 aromatic heterocycles. The van der Waals surface area contributed by atoms with Crippen molar-refractivity contribution in [3.05, 3.63) is 41.2 Å². The van der Waals surface area contributed by atoms with E-state index >= 15 is 0 Å². The van der Waals surface area contributed by atoms with Gasteiger partial charge >= 0.3 is 5.97 Å². The molecule has 1 saturated heterocycles. The van der Waals surface area contributed by atoms with E-state index in [0.717, 1.165) is 32.1 Å². The monoisotopic (exact) mass is 442 g/mol. The van der Waals surface area contributed by atoms with Crippen molar-refractivity contribution in [3.8, 4) is 5.75 Å². The Kier molecular flexibility index (Phi) is 8.52. The lowest BCUT2D eigenvalue weighted by Gasteiger charge is -2.36. The van der Waals surface area contributed by atoms with Gasteiger partial charge in [0.25, 0.3) is 0 Å². The highest BCUT2D eigenvalue weighted by molar-refractivity contribution is 5.77. The number of benzene rings is 1. The largest absolute Gasteiger partial charge is 0.421 e. The number of carbonyl (C=O) groups is 1. The standard InChI is InChI=1S/C24H30F4O3/c1-15-4-10-20(23(28)22(15)27)31-24(29)21-11-9-18(14-30-21)17-7-5-16(6-8-17)13-19(26)3-2-12-25/h4,10,13,16-18,21H,2-3,5-9,11-12,14H2,1H3. The minimum atomic E-state index is -1.17. The smallest absolute Gasteiger partial charge is 0.340 e. The van der Waals surface area contributed by atoms with Crippen LogP contribution in [0.5, 0.6) is 5.75 Å². The lowest BCUT2D eigenvalue weighted by atomic mass is 9.73. The van der Waals surface area contributed by atoms with Crippen molar-refractivity contribution < 1.29 is 31.8 Å². The highest BCUT2D eigenvalue weighted by Gasteiger charge is 2.34. The van der Waals surface area contributed by atoms with Gasteiger partial charge in [0.2, 0.25) is 5.82 Å². The van der Waals surface area contributed by atoms with Crippen LogP contribution < -0.4 is 4.74 Å². The summed E-state index contributed by atoms with van der Waals surface area (Å²) in [5, 5.41) is 0. The predicted octanol–water partition coefficient (Wildman–Crippen LogP) is 6.38. The SMILES string of the molecule is Cc1ccc(OC(=O)C2CCC(C3CCC(C=C(F)CCCF)CC3)CO2)c(F)c1F. The number of allylic oxidation sites excluding steroid dienone is 2. The van der Waals surface area contributed by atoms with Crippen LogP contribution in [-0.4, -0.2) is 25.4 Å². The molecule has 0 amide bonds. The zero-order valence-corrected chi connectivity index (χ0v) is 17.8. The molecule has 1 aromatic rings. The van der Waals surface area contributed by atoms with Crippen LogP contribution in [0.1, 0.15) is 56.9 Å². The average Bonchev–Trinajstić information content (AvgIpc) is 2.78. The maximum atomic E-state index is 13.9. The third-order valence-electron chi connectivity index (χ3n) is 6.47. The molecule has 1 aliphatic heterocycles. The fraction of sp³-hybridized carbons (Fsp3) is 0.625. The lowest BCUT2D eigenvalue weighted by molar-refractivity contribution is -0.153. The molecule has 0 spiro atoms. The fourth-order valence-electron chi connectivity index (χ4n) is 4.57. The van der Waals surface area contributed by atoms with E-state index in [1.54, 1.807) is 6.08 Å². The molecule has 2 fully saturated rings. The molecule has 0 bridgehead atoms. The van der Waals surface area contributed by atoms with Crippen LogP contribution in [0.2, 0.25) is 0 Å². The van der Waals surface area contributed by atoms with Gasteiger partial charge in [-0.05, 0) is 87.3 Å². The van der Waals surface area contributed by atoms with Gasteiger partial charge in [-0.15, -0.1) is 0 Å². The van der Waals surface area contributed by atoms with Crippen molar-refractivity contribution >= 4 is 5.97 Å². The first kappa shape index (κ1) is 23.8. The molecular formula is C24H30F4O3. The Labute approximate surface area is 180 Å². The molecule has 2 atom stereocenters. The van der Waals surface area contributed by atoms with Crippen LogP contribution in [0.3, 0.4) is 0 Å². The van der Waals surface area contributed by atoms with E-state index in [1.807, 2.05) is 0 Å². The van der Waals surface area contributed by atoms with E-state index in [-0.39, 0.29) is 30.1 Å². The molecule has 0 radical (unpaired) electrons. The quantitative estimate of drug-likeness (QED) is 0.279. The van der Waals surface area contributed by atoms with E-state index in [4.69, 9.17) is 9.47 Å². The second-order valence-electron chi connectivity index (χ2n) is 8.67. The van der Waals surface area contributed by atoms with Gasteiger partial charge < -0.3 is 9.47 Å². The predicted molar refractivity (Wildman–Crippen MR) is 109 cm³/mol. The third kappa shape index (κ3) is 6.31. The Morgan fingerprint density at radius 3 is 2.45 bits per heavy atom. The van der Waals surface area contributed by atoms with Crippen LogP contribution in [0, 0.1) is 36.3 Å². The van der Waals surface area contributed by atoms with Gasteiger partial charge in [0.15, 0.2) is 17.7 Å². The summed E-state index contributed by atoms with van der Waals surface area (Å²) in [7, 11) is 0. The number of alkyl halides is 1. The highest BCUT2D eigenvalue weighted by atomic mass is 19.2. The first-order chi connectivity index (χ1) is 14.9. The van der Waals surface area contributed by atoms with Crippen molar-refractivity contribution in [1.29, 1.82) is 0 Å². The van der Waals surface area contributed by atoms with Crippen LogP contribution in [0.4, 0.5) is 17.6 Å². The van der Waals surface area contributed by atoms with Crippen molar-refractivity contribution in [2.75, 3.05) is 13.3 Å². The van der Waals surface area contributed by atoms with Gasteiger partial charge in [-0.2, -0.15) is 4.39 Å². The van der Waals surface area contributed by atoms with Gasteiger partial charge in [-0.1, -0.05) is 6.07 Å². The number of hydrogen-bond acceptors (Lipinski definition) is 3. The summed E-state index contributed by atoms with van der Waals surface area (Å²) in [5.74, 6) is -2.57. The number of halogens is 4. The Hall–Kier alpha value is -1.89. The van der Waals surface area contributed by atoms with E-state index < -0.39 is 36.1 Å². The van der Waals surface area contributed by atoms with Crippen molar-refractivity contribution in [2.24, 2.45) is 17.8 Å². The minimum absolute atomic E-state index is 0.141. The van der Waals surface area contributed by atoms with Crippen LogP contribution >= 0.6 is 0 Å². The summed E-state index contributed by atoms with van der Waals surface area (Å²) in [4.78, 5) is 12.3. The summed E-state index contributed by atoms with van der Waals surface area (Å²) in [6.07, 6.45) is 6.25. The van der Waals surface area contributed by atoms with Gasteiger partial charge in [0, 0.05) is 6.42 Å². The molecule has 3 nitrogen and oxygen atoms in total. The second kappa shape index (κ2) is 11.1. The van der Waals surface area contributed by atoms with Gasteiger partial charge in [-0.3, -0.25) is 4.39 Å². The molecule has 1 aromatic carbocycles. The van der Waals surface area contributed by atoms with Gasteiger partial charge in [-0.25, -0.2) is 13.6 Å². The van der Waals surface area contributed by atoms with Crippen molar-refractivity contribution in [1.82, 2.24) is 0 Å². The van der Waals surface area contributed by atoms with Crippen molar-refractivity contribution in [2.45, 2.75) is 64.4 Å². The summed E-state index contributed by atoms with van der Waals surface area (Å²) in [6.45, 7) is 1.35. The van der Waals surface area contributed by atoms with Gasteiger partial charge in [0.1, 0.15) is 0 Å². The molecule has 3 rings (SSSR count). The van der Waals surface area contributed by atoms with Crippen LogP contribution in [0.15, 0.2) is 24.0 Å². The Morgan fingerprint density at radius 2 is 1.81 bits per heavy atom. The zero-order chi connectivity index (χ0) is 22.4. The normalized spacial score (nSPS) is 27.2. The summed E-state index contributed by atoms with van der Waals surface area (Å²) in [5.41, 5.74) is 0.141. The summed E-state index contributed by atoms with van der Waals surface area (Å²) >= 11 is 0. The molecular weight excluding hydrogens is 412 g/mol. The number of rotatable bonds is 7. The van der Waals surface area contributed by atoms with Gasteiger partial charge in [0.05, 0.1) is 19.1 Å². The summed E-state index contributed by atoms with van der Waals surface area (Å²) < 4.78 is 64.2. The number of ether oxygens (including phenoxy) is 2. The van der Waals surface area contributed by atoms with Crippen molar-refractivity contribution in [3.63, 3.8) is 0 Å². The fourth-order valence-corrected chi connectivity index (χ4v) is 4.57. The Balaban J connectivity index is 1.44. The third-order valence-corrected chi connectivity index (χ3v) is 6.47.